The van der Waals surface area contributed by atoms with Gasteiger partial charge in [0, 0.05) is 47.4 Å². The standard InChI is InChI=1S/C18H18Cl4N2O2/c19-13-4-11(17(25)15(21)6-13)8-23-2-1-3-24(10-23)9-12-5-14(20)7-16(22)18(12)26/h4-7,25-26H,1-3,8-10H2. The lowest BCUT2D eigenvalue weighted by atomic mass is 10.1. The van der Waals surface area contributed by atoms with Gasteiger partial charge in [-0.05, 0) is 30.7 Å². The molecule has 0 spiro atoms. The van der Waals surface area contributed by atoms with Crippen molar-refractivity contribution in [2.45, 2.75) is 19.5 Å². The summed E-state index contributed by atoms with van der Waals surface area (Å²) >= 11 is 24.1. The Hall–Kier alpha value is -0.880. The van der Waals surface area contributed by atoms with E-state index < -0.39 is 0 Å². The maximum Gasteiger partial charge on any atom is 0.138 e. The van der Waals surface area contributed by atoms with Crippen LogP contribution in [-0.2, 0) is 13.1 Å². The van der Waals surface area contributed by atoms with Crippen LogP contribution in [0.1, 0.15) is 17.5 Å². The molecule has 1 fully saturated rings. The summed E-state index contributed by atoms with van der Waals surface area (Å²) < 4.78 is 0. The molecule has 2 N–H and O–H groups in total. The number of hydrogen-bond acceptors (Lipinski definition) is 4. The maximum atomic E-state index is 10.2. The fourth-order valence-corrected chi connectivity index (χ4v) is 4.23. The fraction of sp³-hybridized carbons (Fsp3) is 0.333. The number of rotatable bonds is 4. The molecule has 1 heterocycles. The smallest absolute Gasteiger partial charge is 0.138 e. The summed E-state index contributed by atoms with van der Waals surface area (Å²) in [6.45, 7) is 3.52. The summed E-state index contributed by atoms with van der Waals surface area (Å²) in [7, 11) is 0. The zero-order valence-electron chi connectivity index (χ0n) is 13.9. The van der Waals surface area contributed by atoms with Crippen molar-refractivity contribution in [1.82, 2.24) is 9.80 Å². The van der Waals surface area contributed by atoms with Crippen LogP contribution in [0.2, 0.25) is 20.1 Å². The molecule has 2 aromatic carbocycles. The van der Waals surface area contributed by atoms with Gasteiger partial charge < -0.3 is 10.2 Å². The van der Waals surface area contributed by atoms with Crippen LogP contribution in [-0.4, -0.2) is 39.8 Å². The lowest BCUT2D eigenvalue weighted by Gasteiger charge is -2.36. The molecule has 3 rings (SSSR count). The predicted molar refractivity (Wildman–Crippen MR) is 107 cm³/mol. The van der Waals surface area contributed by atoms with Gasteiger partial charge in [0.2, 0.25) is 0 Å². The molecule has 1 aliphatic rings. The van der Waals surface area contributed by atoms with Crippen LogP contribution >= 0.6 is 46.4 Å². The lowest BCUT2D eigenvalue weighted by Crippen LogP contribution is -2.43. The molecule has 0 aromatic heterocycles. The number of phenolic OH excluding ortho intramolecular Hbond substituents is 2. The SMILES string of the molecule is Oc1c(Cl)cc(Cl)cc1CN1CCCN(Cc2cc(Cl)cc(Cl)c2O)C1. The van der Waals surface area contributed by atoms with Crippen LogP contribution < -0.4 is 0 Å². The zero-order valence-corrected chi connectivity index (χ0v) is 16.9. The summed E-state index contributed by atoms with van der Waals surface area (Å²) in [5.74, 6) is 0.125. The van der Waals surface area contributed by atoms with E-state index in [1.165, 1.54) is 12.1 Å². The molecule has 0 bridgehead atoms. The highest BCUT2D eigenvalue weighted by atomic mass is 35.5. The summed E-state index contributed by atoms with van der Waals surface area (Å²) in [5.41, 5.74) is 1.39. The second kappa shape index (κ2) is 8.42. The zero-order chi connectivity index (χ0) is 18.8. The topological polar surface area (TPSA) is 46.9 Å². The highest BCUT2D eigenvalue weighted by molar-refractivity contribution is 6.36. The predicted octanol–water partition coefficient (Wildman–Crippen LogP) is 5.38. The fourth-order valence-electron chi connectivity index (χ4n) is 3.16. The monoisotopic (exact) mass is 434 g/mol. The number of phenols is 2. The molecule has 0 atom stereocenters. The average Bonchev–Trinajstić information content (AvgIpc) is 2.57. The summed E-state index contributed by atoms with van der Waals surface area (Å²) in [6.07, 6.45) is 0.962. The van der Waals surface area contributed by atoms with Gasteiger partial charge >= 0.3 is 0 Å². The molecule has 0 amide bonds. The van der Waals surface area contributed by atoms with E-state index in [0.29, 0.717) is 40.9 Å². The number of nitrogens with zero attached hydrogens (tertiary/aromatic N) is 2. The van der Waals surface area contributed by atoms with Crippen molar-refractivity contribution in [2.24, 2.45) is 0 Å². The van der Waals surface area contributed by atoms with Crippen LogP contribution in [0.5, 0.6) is 11.5 Å². The largest absolute Gasteiger partial charge is 0.506 e. The number of aromatic hydroxyl groups is 2. The normalized spacial score (nSPS) is 16.2. The Bertz CT molecular complexity index is 751. The van der Waals surface area contributed by atoms with E-state index in [0.717, 1.165) is 19.5 Å². The highest BCUT2D eigenvalue weighted by Gasteiger charge is 2.21. The first-order valence-corrected chi connectivity index (χ1v) is 9.63. The molecule has 0 radical (unpaired) electrons. The molecule has 2 aromatic rings. The van der Waals surface area contributed by atoms with Crippen molar-refractivity contribution < 1.29 is 10.2 Å². The second-order valence-electron chi connectivity index (χ2n) is 6.39. The van der Waals surface area contributed by atoms with Gasteiger partial charge in [-0.3, -0.25) is 9.80 Å². The Labute approximate surface area is 172 Å². The summed E-state index contributed by atoms with van der Waals surface area (Å²) in [4.78, 5) is 4.38. The van der Waals surface area contributed by atoms with Crippen molar-refractivity contribution in [3.63, 3.8) is 0 Å². The number of benzene rings is 2. The van der Waals surface area contributed by atoms with Gasteiger partial charge in [-0.15, -0.1) is 0 Å². The summed E-state index contributed by atoms with van der Waals surface area (Å²) in [5, 5.41) is 21.8. The maximum absolute atomic E-state index is 10.2. The Kier molecular flexibility index (Phi) is 6.44. The Morgan fingerprint density at radius 2 is 1.15 bits per heavy atom. The molecular weight excluding hydrogens is 418 g/mol. The first kappa shape index (κ1) is 19.9. The van der Waals surface area contributed by atoms with Crippen LogP contribution in [0.4, 0.5) is 0 Å². The first-order chi connectivity index (χ1) is 12.3. The lowest BCUT2D eigenvalue weighted by molar-refractivity contribution is 0.0735. The Morgan fingerprint density at radius 1 is 0.731 bits per heavy atom. The van der Waals surface area contributed by atoms with Gasteiger partial charge in [0.15, 0.2) is 0 Å². The van der Waals surface area contributed by atoms with Crippen LogP contribution in [0.15, 0.2) is 24.3 Å². The van der Waals surface area contributed by atoms with Crippen LogP contribution in [0.3, 0.4) is 0 Å². The molecule has 8 heteroatoms. The molecule has 1 saturated heterocycles. The van der Waals surface area contributed by atoms with Crippen molar-refractivity contribution in [3.8, 4) is 11.5 Å². The highest BCUT2D eigenvalue weighted by Crippen LogP contribution is 2.34. The van der Waals surface area contributed by atoms with E-state index in [2.05, 4.69) is 9.80 Å². The van der Waals surface area contributed by atoms with Gasteiger partial charge in [-0.1, -0.05) is 46.4 Å². The second-order valence-corrected chi connectivity index (χ2v) is 8.08. The van der Waals surface area contributed by atoms with Gasteiger partial charge in [-0.25, -0.2) is 0 Å². The number of halogens is 4. The Morgan fingerprint density at radius 3 is 1.58 bits per heavy atom. The average molecular weight is 436 g/mol. The van der Waals surface area contributed by atoms with Crippen molar-refractivity contribution in [3.05, 3.63) is 55.5 Å². The van der Waals surface area contributed by atoms with E-state index in [4.69, 9.17) is 46.4 Å². The minimum Gasteiger partial charge on any atom is -0.506 e. The molecule has 140 valence electrons. The minimum absolute atomic E-state index is 0.0625. The van der Waals surface area contributed by atoms with E-state index >= 15 is 0 Å². The molecular formula is C18H18Cl4N2O2. The third kappa shape index (κ3) is 4.69. The number of hydrogen-bond donors (Lipinski definition) is 2. The quantitative estimate of drug-likeness (QED) is 0.676. The summed E-state index contributed by atoms with van der Waals surface area (Å²) in [6, 6.07) is 6.50. The third-order valence-electron chi connectivity index (χ3n) is 4.35. The molecule has 4 nitrogen and oxygen atoms in total. The van der Waals surface area contributed by atoms with Gasteiger partial charge in [0.1, 0.15) is 11.5 Å². The molecule has 26 heavy (non-hydrogen) atoms. The van der Waals surface area contributed by atoms with Crippen molar-refractivity contribution >= 4 is 46.4 Å². The minimum atomic E-state index is 0.0625. The molecule has 0 aliphatic carbocycles. The van der Waals surface area contributed by atoms with Gasteiger partial charge in [-0.2, -0.15) is 0 Å². The van der Waals surface area contributed by atoms with Gasteiger partial charge in [0.05, 0.1) is 16.7 Å². The van der Waals surface area contributed by atoms with Crippen LogP contribution in [0.25, 0.3) is 0 Å². The van der Waals surface area contributed by atoms with Gasteiger partial charge in [0.25, 0.3) is 0 Å². The third-order valence-corrected chi connectivity index (χ3v) is 5.36. The first-order valence-electron chi connectivity index (χ1n) is 8.12. The van der Waals surface area contributed by atoms with E-state index in [1.807, 2.05) is 0 Å². The van der Waals surface area contributed by atoms with E-state index in [9.17, 15) is 10.2 Å². The molecule has 0 saturated carbocycles. The molecule has 1 aliphatic heterocycles. The molecule has 0 unspecified atom stereocenters. The Balaban J connectivity index is 1.70. The van der Waals surface area contributed by atoms with Crippen LogP contribution in [0, 0.1) is 0 Å². The van der Waals surface area contributed by atoms with Crippen molar-refractivity contribution in [2.75, 3.05) is 19.8 Å². The van der Waals surface area contributed by atoms with E-state index in [1.54, 1.807) is 12.1 Å². The van der Waals surface area contributed by atoms with Crippen molar-refractivity contribution in [1.29, 1.82) is 0 Å². The van der Waals surface area contributed by atoms with E-state index in [-0.39, 0.29) is 21.5 Å².